The molecule has 9 heteroatoms. The standard InChI is InChI=1S/C18H24FN3O4S/c1-27-11-6-15-16(23)22(12-13-2-4-14(19)5-3-13)18(20-15)7-9-21(10-8-18)26-17(24)25/h2-5,15,20H,6-12H2,1H3,(H,24,25). The number of carbonyl (C=O) groups is 2. The molecular weight excluding hydrogens is 373 g/mol. The number of amides is 1. The molecule has 0 bridgehead atoms. The first-order chi connectivity index (χ1) is 12.9. The van der Waals surface area contributed by atoms with Crippen LogP contribution in [0.5, 0.6) is 0 Å². The van der Waals surface area contributed by atoms with Gasteiger partial charge < -0.3 is 14.8 Å². The molecule has 2 heterocycles. The Kier molecular flexibility index (Phi) is 6.23. The normalized spacial score (nSPS) is 22.4. The van der Waals surface area contributed by atoms with Crippen molar-refractivity contribution in [2.24, 2.45) is 0 Å². The third-order valence-electron chi connectivity index (χ3n) is 5.15. The zero-order chi connectivity index (χ0) is 19.4. The van der Waals surface area contributed by atoms with Crippen LogP contribution in [0.3, 0.4) is 0 Å². The van der Waals surface area contributed by atoms with Gasteiger partial charge in [0.05, 0.1) is 11.7 Å². The van der Waals surface area contributed by atoms with Crippen LogP contribution in [-0.2, 0) is 16.2 Å². The van der Waals surface area contributed by atoms with Crippen LogP contribution >= 0.6 is 11.8 Å². The van der Waals surface area contributed by atoms with Crippen LogP contribution in [0.1, 0.15) is 24.8 Å². The van der Waals surface area contributed by atoms with E-state index in [-0.39, 0.29) is 17.8 Å². The summed E-state index contributed by atoms with van der Waals surface area (Å²) >= 11 is 1.69. The number of nitrogens with zero attached hydrogens (tertiary/aromatic N) is 2. The number of carbonyl (C=O) groups excluding carboxylic acids is 1. The molecule has 1 amide bonds. The van der Waals surface area contributed by atoms with Crippen molar-refractivity contribution in [1.29, 1.82) is 0 Å². The monoisotopic (exact) mass is 397 g/mol. The quantitative estimate of drug-likeness (QED) is 0.762. The van der Waals surface area contributed by atoms with Gasteiger partial charge in [0.15, 0.2) is 0 Å². The summed E-state index contributed by atoms with van der Waals surface area (Å²) in [4.78, 5) is 30.4. The van der Waals surface area contributed by atoms with Gasteiger partial charge in [0, 0.05) is 32.5 Å². The Bertz CT molecular complexity index is 680. The minimum absolute atomic E-state index is 0.0426. The molecule has 1 aromatic carbocycles. The van der Waals surface area contributed by atoms with Crippen molar-refractivity contribution in [3.63, 3.8) is 0 Å². The first-order valence-electron chi connectivity index (χ1n) is 8.92. The summed E-state index contributed by atoms with van der Waals surface area (Å²) in [6.45, 7) is 1.20. The van der Waals surface area contributed by atoms with E-state index in [9.17, 15) is 14.0 Å². The molecule has 0 aliphatic carbocycles. The minimum atomic E-state index is -1.33. The summed E-state index contributed by atoms with van der Waals surface area (Å²) in [7, 11) is 0. The Balaban J connectivity index is 1.77. The predicted octanol–water partition coefficient (Wildman–Crippen LogP) is 2.28. The summed E-state index contributed by atoms with van der Waals surface area (Å²) in [5.41, 5.74) is 0.327. The van der Waals surface area contributed by atoms with E-state index in [0.717, 1.165) is 17.7 Å². The van der Waals surface area contributed by atoms with E-state index in [1.54, 1.807) is 23.9 Å². The second-order valence-electron chi connectivity index (χ2n) is 6.85. The minimum Gasteiger partial charge on any atom is -0.448 e. The third-order valence-corrected chi connectivity index (χ3v) is 5.79. The Hall–Kier alpha value is -1.84. The highest BCUT2D eigenvalue weighted by atomic mass is 32.2. The average Bonchev–Trinajstić information content (AvgIpc) is 2.89. The van der Waals surface area contributed by atoms with Crippen LogP contribution in [0.4, 0.5) is 9.18 Å². The van der Waals surface area contributed by atoms with Gasteiger partial charge in [-0.05, 0) is 36.1 Å². The second-order valence-corrected chi connectivity index (χ2v) is 7.83. The maximum absolute atomic E-state index is 13.2. The molecule has 2 aliphatic heterocycles. The Morgan fingerprint density at radius 2 is 2.04 bits per heavy atom. The van der Waals surface area contributed by atoms with Crippen LogP contribution in [0.15, 0.2) is 24.3 Å². The predicted molar refractivity (Wildman–Crippen MR) is 99.5 cm³/mol. The topological polar surface area (TPSA) is 82.1 Å². The average molecular weight is 397 g/mol. The van der Waals surface area contributed by atoms with Gasteiger partial charge in [-0.15, -0.1) is 5.06 Å². The summed E-state index contributed by atoms with van der Waals surface area (Å²) in [6.07, 6.45) is 2.53. The van der Waals surface area contributed by atoms with Crippen molar-refractivity contribution in [2.75, 3.05) is 25.1 Å². The number of thioether (sulfide) groups is 1. The maximum Gasteiger partial charge on any atom is 0.525 e. The van der Waals surface area contributed by atoms with Gasteiger partial charge in [0.2, 0.25) is 5.91 Å². The van der Waals surface area contributed by atoms with Gasteiger partial charge in [-0.2, -0.15) is 11.8 Å². The van der Waals surface area contributed by atoms with Crippen LogP contribution in [0.25, 0.3) is 0 Å². The molecule has 1 spiro atoms. The van der Waals surface area contributed by atoms with Gasteiger partial charge in [0.1, 0.15) is 5.82 Å². The van der Waals surface area contributed by atoms with E-state index < -0.39 is 11.8 Å². The number of hydrogen-bond donors (Lipinski definition) is 2. The first kappa shape index (κ1) is 19.9. The SMILES string of the molecule is CSCCC1NC2(CCN(OC(=O)O)CC2)N(Cc2ccc(F)cc2)C1=O. The molecule has 1 atom stereocenters. The van der Waals surface area contributed by atoms with Gasteiger partial charge in [-0.3, -0.25) is 10.1 Å². The smallest absolute Gasteiger partial charge is 0.448 e. The highest BCUT2D eigenvalue weighted by Crippen LogP contribution is 2.35. The maximum atomic E-state index is 13.2. The fraction of sp³-hybridized carbons (Fsp3) is 0.556. The van der Waals surface area contributed by atoms with E-state index in [1.165, 1.54) is 17.2 Å². The molecular formula is C18H24FN3O4S. The molecule has 1 aromatic rings. The molecule has 2 fully saturated rings. The van der Waals surface area contributed by atoms with E-state index in [4.69, 9.17) is 9.94 Å². The van der Waals surface area contributed by atoms with Crippen molar-refractivity contribution < 1.29 is 23.9 Å². The Morgan fingerprint density at radius 3 is 2.63 bits per heavy atom. The van der Waals surface area contributed by atoms with Crippen molar-refractivity contribution in [2.45, 2.75) is 37.5 Å². The first-order valence-corrected chi connectivity index (χ1v) is 10.3. The third kappa shape index (κ3) is 4.53. The molecule has 1 unspecified atom stereocenters. The van der Waals surface area contributed by atoms with Crippen LogP contribution < -0.4 is 5.32 Å². The Morgan fingerprint density at radius 1 is 1.37 bits per heavy atom. The summed E-state index contributed by atoms with van der Waals surface area (Å²) in [6, 6.07) is 5.90. The van der Waals surface area contributed by atoms with Crippen molar-refractivity contribution in [3.05, 3.63) is 35.6 Å². The number of rotatable bonds is 6. The van der Waals surface area contributed by atoms with Crippen LogP contribution in [0, 0.1) is 5.82 Å². The lowest BCUT2D eigenvalue weighted by Crippen LogP contribution is -2.58. The molecule has 0 aromatic heterocycles. The van der Waals surface area contributed by atoms with Crippen molar-refractivity contribution in [3.8, 4) is 0 Å². The van der Waals surface area contributed by atoms with Gasteiger partial charge in [0.25, 0.3) is 0 Å². The molecule has 0 saturated carbocycles. The van der Waals surface area contributed by atoms with E-state index in [1.807, 2.05) is 11.2 Å². The molecule has 7 nitrogen and oxygen atoms in total. The lowest BCUT2D eigenvalue weighted by atomic mass is 9.96. The number of halogens is 1. The number of piperidine rings is 1. The molecule has 0 radical (unpaired) electrons. The largest absolute Gasteiger partial charge is 0.525 e. The van der Waals surface area contributed by atoms with E-state index in [0.29, 0.717) is 32.5 Å². The van der Waals surface area contributed by atoms with Gasteiger partial charge >= 0.3 is 6.16 Å². The molecule has 3 rings (SSSR count). The molecule has 148 valence electrons. The zero-order valence-electron chi connectivity index (χ0n) is 15.2. The highest BCUT2D eigenvalue weighted by Gasteiger charge is 2.51. The molecule has 2 aliphatic rings. The number of hydroxylamine groups is 2. The van der Waals surface area contributed by atoms with Gasteiger partial charge in [-0.1, -0.05) is 12.1 Å². The van der Waals surface area contributed by atoms with Crippen LogP contribution in [-0.4, -0.2) is 63.9 Å². The second kappa shape index (κ2) is 8.45. The zero-order valence-corrected chi connectivity index (χ0v) is 16.0. The highest BCUT2D eigenvalue weighted by molar-refractivity contribution is 7.98. The van der Waals surface area contributed by atoms with E-state index >= 15 is 0 Å². The van der Waals surface area contributed by atoms with Gasteiger partial charge in [-0.25, -0.2) is 9.18 Å². The number of hydrogen-bond acceptors (Lipinski definition) is 6. The fourth-order valence-corrected chi connectivity index (χ4v) is 4.24. The summed E-state index contributed by atoms with van der Waals surface area (Å²) in [5.74, 6) is 0.607. The number of carboxylic acid groups (broad SMARTS) is 1. The number of nitrogens with one attached hydrogen (secondary N) is 1. The molecule has 27 heavy (non-hydrogen) atoms. The van der Waals surface area contributed by atoms with Crippen LogP contribution in [0.2, 0.25) is 0 Å². The fourth-order valence-electron chi connectivity index (χ4n) is 3.77. The van der Waals surface area contributed by atoms with E-state index in [2.05, 4.69) is 5.32 Å². The Labute approximate surface area is 161 Å². The van der Waals surface area contributed by atoms with Crippen molar-refractivity contribution >= 4 is 23.8 Å². The number of benzene rings is 1. The lowest BCUT2D eigenvalue weighted by molar-refractivity contribution is -0.157. The summed E-state index contributed by atoms with van der Waals surface area (Å²) < 4.78 is 13.2. The molecule has 2 saturated heterocycles. The van der Waals surface area contributed by atoms with Crippen molar-refractivity contribution in [1.82, 2.24) is 15.3 Å². The summed E-state index contributed by atoms with van der Waals surface area (Å²) in [5, 5.41) is 13.7. The lowest BCUT2D eigenvalue weighted by Gasteiger charge is -2.43. The molecule has 2 N–H and O–H groups in total.